The highest BCUT2D eigenvalue weighted by Gasteiger charge is 2.17. The third kappa shape index (κ3) is 2.40. The Morgan fingerprint density at radius 2 is 2.10 bits per heavy atom. The highest BCUT2D eigenvalue weighted by atomic mass is 35.5. The van der Waals surface area contributed by atoms with E-state index in [1.54, 1.807) is 17.7 Å². The van der Waals surface area contributed by atoms with E-state index in [1.165, 1.54) is 0 Å². The number of aromatic amines is 1. The van der Waals surface area contributed by atoms with E-state index in [0.717, 1.165) is 22.3 Å². The second-order valence-corrected chi connectivity index (χ2v) is 5.08. The first-order valence-electron chi connectivity index (χ1n) is 6.59. The lowest BCUT2D eigenvalue weighted by Crippen LogP contribution is -2.05. The Kier molecular flexibility index (Phi) is 3.43. The maximum Gasteiger partial charge on any atom is 0.354 e. The number of aryl methyl sites for hydroxylation is 1. The molecule has 0 aliphatic heterocycles. The maximum atomic E-state index is 11.8. The van der Waals surface area contributed by atoms with Gasteiger partial charge in [0.1, 0.15) is 17.0 Å². The molecule has 0 saturated carbocycles. The number of benzene rings is 1. The molecule has 1 aromatic carbocycles. The molecule has 2 heterocycles. The number of carbonyl (C=O) groups is 1. The molecule has 0 bridgehead atoms. The van der Waals surface area contributed by atoms with Crippen molar-refractivity contribution in [3.05, 3.63) is 41.0 Å². The SMILES string of the molecule is CCOC(=O)c1cc2c(-c3ccc(Cl)cc3)nn(C)c2[nH]1. The second-order valence-electron chi connectivity index (χ2n) is 4.64. The summed E-state index contributed by atoms with van der Waals surface area (Å²) in [4.78, 5) is 14.9. The summed E-state index contributed by atoms with van der Waals surface area (Å²) < 4.78 is 6.72. The number of halogens is 1. The number of fused-ring (bicyclic) bond motifs is 1. The molecular formula is C15H14ClN3O2. The number of hydrogen-bond donors (Lipinski definition) is 1. The monoisotopic (exact) mass is 303 g/mol. The van der Waals surface area contributed by atoms with Crippen LogP contribution in [-0.4, -0.2) is 27.3 Å². The molecule has 0 radical (unpaired) electrons. The van der Waals surface area contributed by atoms with E-state index in [-0.39, 0.29) is 5.97 Å². The van der Waals surface area contributed by atoms with E-state index in [2.05, 4.69) is 10.1 Å². The Morgan fingerprint density at radius 3 is 2.76 bits per heavy atom. The summed E-state index contributed by atoms with van der Waals surface area (Å²) in [5.74, 6) is -0.365. The van der Waals surface area contributed by atoms with Gasteiger partial charge in [-0.25, -0.2) is 4.79 Å². The Balaban J connectivity index is 2.11. The van der Waals surface area contributed by atoms with Crippen LogP contribution >= 0.6 is 11.6 Å². The fourth-order valence-electron chi connectivity index (χ4n) is 2.27. The van der Waals surface area contributed by atoms with Crippen LogP contribution in [-0.2, 0) is 11.8 Å². The fraction of sp³-hybridized carbons (Fsp3) is 0.200. The van der Waals surface area contributed by atoms with Gasteiger partial charge in [-0.15, -0.1) is 0 Å². The first kappa shape index (κ1) is 13.7. The highest BCUT2D eigenvalue weighted by Crippen LogP contribution is 2.29. The lowest BCUT2D eigenvalue weighted by molar-refractivity contribution is 0.0520. The fourth-order valence-corrected chi connectivity index (χ4v) is 2.40. The lowest BCUT2D eigenvalue weighted by atomic mass is 10.1. The van der Waals surface area contributed by atoms with Crippen LogP contribution in [0.3, 0.4) is 0 Å². The van der Waals surface area contributed by atoms with Gasteiger partial charge in [0.05, 0.1) is 6.61 Å². The average Bonchev–Trinajstić information content (AvgIpc) is 3.01. The van der Waals surface area contributed by atoms with Gasteiger partial charge in [0.15, 0.2) is 0 Å². The van der Waals surface area contributed by atoms with Gasteiger partial charge in [0.2, 0.25) is 0 Å². The van der Waals surface area contributed by atoms with E-state index >= 15 is 0 Å². The number of hydrogen-bond acceptors (Lipinski definition) is 3. The quantitative estimate of drug-likeness (QED) is 0.754. The largest absolute Gasteiger partial charge is 0.461 e. The number of esters is 1. The molecule has 1 N–H and O–H groups in total. The molecule has 2 aromatic heterocycles. The minimum absolute atomic E-state index is 0.344. The molecule has 21 heavy (non-hydrogen) atoms. The Labute approximate surface area is 126 Å². The molecule has 3 aromatic rings. The van der Waals surface area contributed by atoms with Gasteiger partial charge >= 0.3 is 5.97 Å². The zero-order valence-corrected chi connectivity index (χ0v) is 12.4. The van der Waals surface area contributed by atoms with Crippen molar-refractivity contribution in [2.45, 2.75) is 6.92 Å². The molecule has 3 rings (SSSR count). The third-order valence-electron chi connectivity index (χ3n) is 3.24. The number of ether oxygens (including phenoxy) is 1. The van der Waals surface area contributed by atoms with Crippen molar-refractivity contribution < 1.29 is 9.53 Å². The number of nitrogens with one attached hydrogen (secondary N) is 1. The highest BCUT2D eigenvalue weighted by molar-refractivity contribution is 6.30. The van der Waals surface area contributed by atoms with Gasteiger partial charge in [-0.2, -0.15) is 5.10 Å². The molecule has 0 aliphatic rings. The summed E-state index contributed by atoms with van der Waals surface area (Å²) in [5.41, 5.74) is 2.95. The van der Waals surface area contributed by atoms with Crippen molar-refractivity contribution in [1.82, 2.24) is 14.8 Å². The van der Waals surface area contributed by atoms with Crippen LogP contribution in [0.25, 0.3) is 22.3 Å². The molecular weight excluding hydrogens is 290 g/mol. The topological polar surface area (TPSA) is 59.9 Å². The lowest BCUT2D eigenvalue weighted by Gasteiger charge is -1.99. The molecule has 5 nitrogen and oxygen atoms in total. The van der Waals surface area contributed by atoms with Crippen LogP contribution in [0, 0.1) is 0 Å². The van der Waals surface area contributed by atoms with E-state index in [9.17, 15) is 4.79 Å². The molecule has 0 aliphatic carbocycles. The maximum absolute atomic E-state index is 11.8. The molecule has 0 amide bonds. The summed E-state index contributed by atoms with van der Waals surface area (Å²) in [7, 11) is 1.83. The van der Waals surface area contributed by atoms with Gasteiger partial charge in [-0.3, -0.25) is 4.68 Å². The van der Waals surface area contributed by atoms with Crippen molar-refractivity contribution in [3.63, 3.8) is 0 Å². The van der Waals surface area contributed by atoms with Gasteiger partial charge in [-0.05, 0) is 25.1 Å². The predicted octanol–water partition coefficient (Wildman–Crippen LogP) is 3.40. The number of H-pyrrole nitrogens is 1. The summed E-state index contributed by atoms with van der Waals surface area (Å²) >= 11 is 5.91. The van der Waals surface area contributed by atoms with Gasteiger partial charge in [-0.1, -0.05) is 23.7 Å². The van der Waals surface area contributed by atoms with Crippen molar-refractivity contribution in [3.8, 4) is 11.3 Å². The Bertz CT molecular complexity index is 802. The zero-order chi connectivity index (χ0) is 15.0. The summed E-state index contributed by atoms with van der Waals surface area (Å²) in [6, 6.07) is 9.21. The average molecular weight is 304 g/mol. The molecule has 0 fully saturated rings. The van der Waals surface area contributed by atoms with Gasteiger partial charge in [0, 0.05) is 23.0 Å². The van der Waals surface area contributed by atoms with Crippen LogP contribution in [0.1, 0.15) is 17.4 Å². The molecule has 0 spiro atoms. The van der Waals surface area contributed by atoms with Crippen LogP contribution in [0.15, 0.2) is 30.3 Å². The van der Waals surface area contributed by atoms with Crippen LogP contribution in [0.5, 0.6) is 0 Å². The first-order chi connectivity index (χ1) is 10.1. The minimum Gasteiger partial charge on any atom is -0.461 e. The summed E-state index contributed by atoms with van der Waals surface area (Å²) in [5, 5.41) is 6.04. The van der Waals surface area contributed by atoms with Crippen molar-refractivity contribution in [1.29, 1.82) is 0 Å². The second kappa shape index (κ2) is 5.26. The molecule has 0 saturated heterocycles. The minimum atomic E-state index is -0.365. The normalized spacial score (nSPS) is 11.0. The van der Waals surface area contributed by atoms with E-state index < -0.39 is 0 Å². The number of carbonyl (C=O) groups excluding carboxylic acids is 1. The third-order valence-corrected chi connectivity index (χ3v) is 3.49. The zero-order valence-electron chi connectivity index (χ0n) is 11.7. The van der Waals surface area contributed by atoms with Crippen molar-refractivity contribution in [2.24, 2.45) is 7.05 Å². The van der Waals surface area contributed by atoms with Crippen LogP contribution in [0.2, 0.25) is 5.02 Å². The van der Waals surface area contributed by atoms with Crippen molar-refractivity contribution >= 4 is 28.6 Å². The summed E-state index contributed by atoms with van der Waals surface area (Å²) in [6.07, 6.45) is 0. The number of rotatable bonds is 3. The molecule has 0 atom stereocenters. The molecule has 0 unspecified atom stereocenters. The van der Waals surface area contributed by atoms with Gasteiger partial charge < -0.3 is 9.72 Å². The predicted molar refractivity (Wildman–Crippen MR) is 81.5 cm³/mol. The Morgan fingerprint density at radius 1 is 1.38 bits per heavy atom. The summed E-state index contributed by atoms with van der Waals surface area (Å²) in [6.45, 7) is 2.12. The van der Waals surface area contributed by atoms with E-state index in [0.29, 0.717) is 17.3 Å². The van der Waals surface area contributed by atoms with E-state index in [1.807, 2.05) is 31.3 Å². The standard InChI is InChI=1S/C15H14ClN3O2/c1-3-21-15(20)12-8-11-13(18-19(2)14(11)17-12)9-4-6-10(16)7-5-9/h4-8,17H,3H2,1-2H3. The molecule has 108 valence electrons. The number of aromatic nitrogens is 3. The van der Waals surface area contributed by atoms with Gasteiger partial charge in [0.25, 0.3) is 0 Å². The number of nitrogens with zero attached hydrogens (tertiary/aromatic N) is 2. The van der Waals surface area contributed by atoms with Crippen molar-refractivity contribution in [2.75, 3.05) is 6.61 Å². The van der Waals surface area contributed by atoms with Crippen LogP contribution in [0.4, 0.5) is 0 Å². The Hall–Kier alpha value is -2.27. The molecule has 6 heteroatoms. The van der Waals surface area contributed by atoms with E-state index in [4.69, 9.17) is 16.3 Å². The first-order valence-corrected chi connectivity index (χ1v) is 6.96. The smallest absolute Gasteiger partial charge is 0.354 e. The van der Waals surface area contributed by atoms with Crippen LogP contribution < -0.4 is 0 Å².